The van der Waals surface area contributed by atoms with Crippen molar-refractivity contribution in [1.82, 2.24) is 14.9 Å². The lowest BCUT2D eigenvalue weighted by molar-refractivity contribution is -0.130. The molecule has 1 unspecified atom stereocenters. The molecule has 7 heteroatoms. The largest absolute Gasteiger partial charge is 0.464 e. The molecule has 0 aromatic carbocycles. The molecule has 0 aliphatic heterocycles. The first-order valence-corrected chi connectivity index (χ1v) is 5.91. The number of carbonyl (C=O) groups excluding carboxylic acids is 2. The third kappa shape index (κ3) is 3.90. The van der Waals surface area contributed by atoms with E-state index in [1.54, 1.807) is 18.9 Å². The first-order chi connectivity index (χ1) is 8.99. The fourth-order valence-electron chi connectivity index (χ4n) is 1.38. The molecule has 1 rings (SSSR count). The molecule has 1 aromatic heterocycles. The van der Waals surface area contributed by atoms with Crippen molar-refractivity contribution < 1.29 is 14.3 Å². The minimum Gasteiger partial charge on any atom is -0.464 e. The number of hydrogen-bond donors (Lipinski definition) is 1. The average molecular weight is 266 g/mol. The molecule has 0 radical (unpaired) electrons. The summed E-state index contributed by atoms with van der Waals surface area (Å²) < 4.78 is 4.52. The lowest BCUT2D eigenvalue weighted by Gasteiger charge is -2.20. The molecular formula is C12H18N4O3. The molecule has 1 aromatic rings. The van der Waals surface area contributed by atoms with Crippen molar-refractivity contribution in [3.63, 3.8) is 0 Å². The smallest absolute Gasteiger partial charge is 0.358 e. The molecule has 104 valence electrons. The van der Waals surface area contributed by atoms with E-state index < -0.39 is 12.0 Å². The summed E-state index contributed by atoms with van der Waals surface area (Å²) in [4.78, 5) is 32.5. The van der Waals surface area contributed by atoms with Gasteiger partial charge < -0.3 is 15.0 Å². The van der Waals surface area contributed by atoms with E-state index in [2.05, 4.69) is 20.0 Å². The van der Waals surface area contributed by atoms with Gasteiger partial charge in [0.15, 0.2) is 5.69 Å². The van der Waals surface area contributed by atoms with Crippen molar-refractivity contribution in [3.8, 4) is 0 Å². The van der Waals surface area contributed by atoms with Crippen molar-refractivity contribution in [3.05, 3.63) is 18.1 Å². The van der Waals surface area contributed by atoms with Crippen LogP contribution in [0.2, 0.25) is 0 Å². The van der Waals surface area contributed by atoms with E-state index in [1.165, 1.54) is 19.5 Å². The molecule has 0 bridgehead atoms. The Bertz CT molecular complexity index is 447. The predicted octanol–water partition coefficient (Wildman–Crippen LogP) is 0.542. The first kappa shape index (κ1) is 14.9. The van der Waals surface area contributed by atoms with Crippen LogP contribution in [0.5, 0.6) is 0 Å². The summed E-state index contributed by atoms with van der Waals surface area (Å²) in [5.41, 5.74) is 0.123. The Balaban J connectivity index is 2.68. The Morgan fingerprint density at radius 3 is 2.58 bits per heavy atom. The minimum atomic E-state index is -0.547. The zero-order valence-electron chi connectivity index (χ0n) is 11.5. The molecule has 0 aliphatic carbocycles. The normalized spacial score (nSPS) is 11.6. The van der Waals surface area contributed by atoms with Gasteiger partial charge in [0.1, 0.15) is 11.9 Å². The Hall–Kier alpha value is -2.18. The number of nitrogens with one attached hydrogen (secondary N) is 1. The highest BCUT2D eigenvalue weighted by atomic mass is 16.5. The number of amides is 1. The van der Waals surface area contributed by atoms with Gasteiger partial charge in [0.2, 0.25) is 5.91 Å². The number of methoxy groups -OCH3 is 1. The third-order valence-electron chi connectivity index (χ3n) is 2.63. The topological polar surface area (TPSA) is 84.4 Å². The summed E-state index contributed by atoms with van der Waals surface area (Å²) in [5, 5.41) is 2.92. The highest BCUT2D eigenvalue weighted by molar-refractivity contribution is 5.87. The average Bonchev–Trinajstić information content (AvgIpc) is 2.45. The summed E-state index contributed by atoms with van der Waals surface area (Å²) in [7, 11) is 3.00. The molecule has 0 aliphatic rings. The second-order valence-electron chi connectivity index (χ2n) is 4.00. The second-order valence-corrected chi connectivity index (χ2v) is 4.00. The number of likely N-dealkylation sites (N-methyl/N-ethyl adjacent to an activating group) is 1. The van der Waals surface area contributed by atoms with Gasteiger partial charge in [-0.1, -0.05) is 0 Å². The number of aromatic nitrogens is 2. The molecule has 0 saturated carbocycles. The summed E-state index contributed by atoms with van der Waals surface area (Å²) in [6.07, 6.45) is 2.69. The fourth-order valence-corrected chi connectivity index (χ4v) is 1.38. The number of esters is 1. The number of anilines is 1. The Morgan fingerprint density at radius 1 is 1.42 bits per heavy atom. The zero-order valence-corrected chi connectivity index (χ0v) is 11.5. The molecule has 1 atom stereocenters. The molecule has 1 amide bonds. The molecule has 0 spiro atoms. The lowest BCUT2D eigenvalue weighted by atomic mass is 10.3. The molecule has 7 nitrogen and oxygen atoms in total. The summed E-state index contributed by atoms with van der Waals surface area (Å²) >= 11 is 0. The van der Waals surface area contributed by atoms with Gasteiger partial charge in [-0.2, -0.15) is 0 Å². The standard InChI is InChI=1S/C12H18N4O3/c1-5-16(3)11(17)8(2)15-10-7-13-9(6-14-10)12(18)19-4/h6-8H,5H2,1-4H3,(H,14,15). The highest BCUT2D eigenvalue weighted by Crippen LogP contribution is 2.05. The van der Waals surface area contributed by atoms with Crippen LogP contribution in [0.1, 0.15) is 24.3 Å². The van der Waals surface area contributed by atoms with Crippen molar-refractivity contribution in [2.45, 2.75) is 19.9 Å². The molecule has 0 fully saturated rings. The first-order valence-electron chi connectivity index (χ1n) is 5.91. The Morgan fingerprint density at radius 2 is 2.11 bits per heavy atom. The number of carbonyl (C=O) groups is 2. The van der Waals surface area contributed by atoms with Gasteiger partial charge >= 0.3 is 5.97 Å². The third-order valence-corrected chi connectivity index (χ3v) is 2.63. The van der Waals surface area contributed by atoms with Gasteiger partial charge in [0.25, 0.3) is 0 Å². The number of rotatable bonds is 5. The van der Waals surface area contributed by atoms with E-state index in [-0.39, 0.29) is 11.6 Å². The fraction of sp³-hybridized carbons (Fsp3) is 0.500. The molecule has 0 saturated heterocycles. The maximum Gasteiger partial charge on any atom is 0.358 e. The van der Waals surface area contributed by atoms with Crippen molar-refractivity contribution in [1.29, 1.82) is 0 Å². The van der Waals surface area contributed by atoms with E-state index >= 15 is 0 Å². The molecule has 19 heavy (non-hydrogen) atoms. The van der Waals surface area contributed by atoms with Crippen LogP contribution >= 0.6 is 0 Å². The highest BCUT2D eigenvalue weighted by Gasteiger charge is 2.16. The molecule has 1 N–H and O–H groups in total. The van der Waals surface area contributed by atoms with Crippen LogP contribution < -0.4 is 5.32 Å². The Kier molecular flexibility index (Phi) is 5.23. The van der Waals surface area contributed by atoms with Crippen LogP contribution in [0.15, 0.2) is 12.4 Å². The van der Waals surface area contributed by atoms with Crippen LogP contribution in [-0.4, -0.2) is 53.5 Å². The summed E-state index contributed by atoms with van der Waals surface area (Å²) in [5.74, 6) is -0.159. The van der Waals surface area contributed by atoms with Crippen LogP contribution in [0.4, 0.5) is 5.82 Å². The van der Waals surface area contributed by atoms with Crippen molar-refractivity contribution in [2.24, 2.45) is 0 Å². The van der Waals surface area contributed by atoms with Gasteiger partial charge in [-0.25, -0.2) is 14.8 Å². The van der Waals surface area contributed by atoms with E-state index in [0.717, 1.165) is 0 Å². The van der Waals surface area contributed by atoms with Gasteiger partial charge in [-0.05, 0) is 13.8 Å². The molecule has 1 heterocycles. The summed E-state index contributed by atoms with van der Waals surface area (Å²) in [6, 6.07) is -0.414. The van der Waals surface area contributed by atoms with Crippen molar-refractivity contribution in [2.75, 3.05) is 26.0 Å². The van der Waals surface area contributed by atoms with E-state index in [4.69, 9.17) is 0 Å². The van der Waals surface area contributed by atoms with Gasteiger partial charge in [-0.3, -0.25) is 4.79 Å². The van der Waals surface area contributed by atoms with Crippen LogP contribution in [0.3, 0.4) is 0 Å². The lowest BCUT2D eigenvalue weighted by Crippen LogP contribution is -2.39. The number of nitrogens with zero attached hydrogens (tertiary/aromatic N) is 3. The van der Waals surface area contributed by atoms with Crippen LogP contribution in [0, 0.1) is 0 Å². The second kappa shape index (κ2) is 6.67. The van der Waals surface area contributed by atoms with E-state index in [0.29, 0.717) is 12.4 Å². The summed E-state index contributed by atoms with van der Waals surface area (Å²) in [6.45, 7) is 4.28. The van der Waals surface area contributed by atoms with Gasteiger partial charge in [0.05, 0.1) is 19.5 Å². The number of ether oxygens (including phenoxy) is 1. The Labute approximate surface area is 112 Å². The van der Waals surface area contributed by atoms with Gasteiger partial charge in [-0.15, -0.1) is 0 Å². The molecular weight excluding hydrogens is 248 g/mol. The van der Waals surface area contributed by atoms with Crippen LogP contribution in [-0.2, 0) is 9.53 Å². The van der Waals surface area contributed by atoms with Crippen molar-refractivity contribution >= 4 is 17.7 Å². The SMILES string of the molecule is CCN(C)C(=O)C(C)Nc1cnc(C(=O)OC)cn1. The van der Waals surface area contributed by atoms with Crippen LogP contribution in [0.25, 0.3) is 0 Å². The van der Waals surface area contributed by atoms with Gasteiger partial charge in [0, 0.05) is 13.6 Å². The maximum atomic E-state index is 11.8. The zero-order chi connectivity index (χ0) is 14.4. The predicted molar refractivity (Wildman–Crippen MR) is 69.8 cm³/mol. The maximum absolute atomic E-state index is 11.8. The van der Waals surface area contributed by atoms with E-state index in [1.807, 2.05) is 6.92 Å². The number of hydrogen-bond acceptors (Lipinski definition) is 6. The quantitative estimate of drug-likeness (QED) is 0.783. The monoisotopic (exact) mass is 266 g/mol. The van der Waals surface area contributed by atoms with E-state index in [9.17, 15) is 9.59 Å². The minimum absolute atomic E-state index is 0.0404.